The van der Waals surface area contributed by atoms with Crippen LogP contribution in [0.25, 0.3) is 5.69 Å². The first-order valence-corrected chi connectivity index (χ1v) is 5.47. The van der Waals surface area contributed by atoms with Crippen LogP contribution in [-0.4, -0.2) is 25.7 Å². The van der Waals surface area contributed by atoms with E-state index in [2.05, 4.69) is 0 Å². The van der Waals surface area contributed by atoms with E-state index < -0.39 is 10.9 Å². The molecule has 0 aliphatic heterocycles. The maximum Gasteiger partial charge on any atom is 0.308 e. The summed E-state index contributed by atoms with van der Waals surface area (Å²) in [7, 11) is 0. The number of hydrogen-bond donors (Lipinski definition) is 2. The topological polar surface area (TPSA) is 115 Å². The van der Waals surface area contributed by atoms with Crippen molar-refractivity contribution in [1.29, 1.82) is 0 Å². The number of esters is 1. The highest BCUT2D eigenvalue weighted by Crippen LogP contribution is 2.34. The molecule has 0 fully saturated rings. The Bertz CT molecular complexity index is 672. The smallest absolute Gasteiger partial charge is 0.308 e. The van der Waals surface area contributed by atoms with Crippen LogP contribution < -0.4 is 4.74 Å². The number of ether oxygens (including phenoxy) is 1. The summed E-state index contributed by atoms with van der Waals surface area (Å²) in [5.74, 6) is -1.36. The van der Waals surface area contributed by atoms with Gasteiger partial charge in [0, 0.05) is 31.2 Å². The number of hydrogen-bond acceptors (Lipinski definition) is 6. The second kappa shape index (κ2) is 4.92. The average molecular weight is 278 g/mol. The van der Waals surface area contributed by atoms with Crippen molar-refractivity contribution in [2.75, 3.05) is 0 Å². The molecule has 0 radical (unpaired) electrons. The molecule has 20 heavy (non-hydrogen) atoms. The minimum Gasteiger partial charge on any atom is -0.494 e. The molecule has 8 nitrogen and oxygen atoms in total. The van der Waals surface area contributed by atoms with Crippen molar-refractivity contribution in [3.05, 3.63) is 40.4 Å². The molecular weight excluding hydrogens is 268 g/mol. The molecule has 0 aliphatic carbocycles. The molecule has 1 aromatic carbocycles. The molecule has 1 aromatic heterocycles. The van der Waals surface area contributed by atoms with Crippen molar-refractivity contribution in [1.82, 2.24) is 4.57 Å². The number of rotatable bonds is 3. The monoisotopic (exact) mass is 278 g/mol. The summed E-state index contributed by atoms with van der Waals surface area (Å²) in [6.45, 7) is 1.17. The van der Waals surface area contributed by atoms with E-state index in [4.69, 9.17) is 4.74 Å². The summed E-state index contributed by atoms with van der Waals surface area (Å²) >= 11 is 0. The summed E-state index contributed by atoms with van der Waals surface area (Å²) < 4.78 is 5.83. The predicted octanol–water partition coefficient (Wildman–Crippen LogP) is 1.72. The Hall–Kier alpha value is -3.03. The number of nitro groups is 1. The van der Waals surface area contributed by atoms with Gasteiger partial charge in [-0.1, -0.05) is 0 Å². The van der Waals surface area contributed by atoms with Crippen molar-refractivity contribution in [2.45, 2.75) is 6.92 Å². The number of non-ortho nitro benzene ring substituents is 1. The minimum atomic E-state index is -0.640. The van der Waals surface area contributed by atoms with Gasteiger partial charge in [-0.2, -0.15) is 0 Å². The van der Waals surface area contributed by atoms with Gasteiger partial charge < -0.3 is 14.9 Å². The van der Waals surface area contributed by atoms with Crippen LogP contribution in [0.3, 0.4) is 0 Å². The van der Waals surface area contributed by atoms with E-state index in [-0.39, 0.29) is 28.9 Å². The van der Waals surface area contributed by atoms with Crippen LogP contribution in [0.1, 0.15) is 6.92 Å². The molecule has 0 spiro atoms. The third-order valence-electron chi connectivity index (χ3n) is 2.49. The van der Waals surface area contributed by atoms with Gasteiger partial charge in [0.05, 0.1) is 4.92 Å². The lowest BCUT2D eigenvalue weighted by atomic mass is 10.2. The number of carbonyl (C=O) groups excluding carboxylic acids is 1. The molecule has 0 amide bonds. The van der Waals surface area contributed by atoms with Crippen molar-refractivity contribution in [3.63, 3.8) is 0 Å². The molecule has 1 heterocycles. The van der Waals surface area contributed by atoms with Gasteiger partial charge in [0.15, 0.2) is 17.5 Å². The molecule has 8 heteroatoms. The molecule has 0 saturated heterocycles. The van der Waals surface area contributed by atoms with Crippen molar-refractivity contribution in [2.24, 2.45) is 0 Å². The normalized spacial score (nSPS) is 10.2. The largest absolute Gasteiger partial charge is 0.494 e. The van der Waals surface area contributed by atoms with E-state index in [0.717, 1.165) is 16.7 Å². The Labute approximate surface area is 112 Å². The van der Waals surface area contributed by atoms with Crippen LogP contribution in [0.2, 0.25) is 0 Å². The molecule has 0 saturated carbocycles. The zero-order chi connectivity index (χ0) is 14.9. The summed E-state index contributed by atoms with van der Waals surface area (Å²) in [6.07, 6.45) is 0. The molecule has 0 atom stereocenters. The number of nitro benzene ring substituents is 1. The molecule has 0 unspecified atom stereocenters. The lowest BCUT2D eigenvalue weighted by Crippen LogP contribution is -2.06. The van der Waals surface area contributed by atoms with Gasteiger partial charge in [-0.25, -0.2) is 4.57 Å². The van der Waals surface area contributed by atoms with Crippen molar-refractivity contribution >= 4 is 11.7 Å². The molecule has 0 bridgehead atoms. The summed E-state index contributed by atoms with van der Waals surface area (Å²) in [5, 5.41) is 30.1. The molecule has 0 aliphatic rings. The van der Waals surface area contributed by atoms with E-state index in [1.807, 2.05) is 0 Å². The average Bonchev–Trinajstić information content (AvgIpc) is 2.69. The zero-order valence-corrected chi connectivity index (χ0v) is 10.3. The Morgan fingerprint density at radius 3 is 2.35 bits per heavy atom. The van der Waals surface area contributed by atoms with Gasteiger partial charge in [0.25, 0.3) is 5.69 Å². The maximum atomic E-state index is 11.0. The second-order valence-electron chi connectivity index (χ2n) is 3.89. The summed E-state index contributed by atoms with van der Waals surface area (Å²) in [4.78, 5) is 21.2. The molecule has 2 N–H and O–H groups in total. The van der Waals surface area contributed by atoms with E-state index in [9.17, 15) is 25.1 Å². The van der Waals surface area contributed by atoms with Gasteiger partial charge in [-0.05, 0) is 6.07 Å². The Balaban J connectivity index is 2.66. The number of aromatic hydroxyl groups is 2. The van der Waals surface area contributed by atoms with Crippen molar-refractivity contribution < 1.29 is 24.7 Å². The van der Waals surface area contributed by atoms with Crippen LogP contribution in [0.15, 0.2) is 30.3 Å². The quantitative estimate of drug-likeness (QED) is 0.382. The molecule has 104 valence electrons. The number of nitrogens with zero attached hydrogens (tertiary/aromatic N) is 2. The van der Waals surface area contributed by atoms with Gasteiger partial charge in [-0.3, -0.25) is 14.9 Å². The van der Waals surface area contributed by atoms with Crippen LogP contribution in [0.4, 0.5) is 5.69 Å². The maximum absolute atomic E-state index is 11.0. The van der Waals surface area contributed by atoms with Crippen molar-refractivity contribution in [3.8, 4) is 23.2 Å². The lowest BCUT2D eigenvalue weighted by molar-refractivity contribution is -0.384. The fourth-order valence-electron chi connectivity index (χ4n) is 1.70. The summed E-state index contributed by atoms with van der Waals surface area (Å²) in [5.41, 5.74) is -0.294. The third kappa shape index (κ3) is 2.39. The predicted molar refractivity (Wildman–Crippen MR) is 67.1 cm³/mol. The van der Waals surface area contributed by atoms with Gasteiger partial charge in [-0.15, -0.1) is 0 Å². The number of benzene rings is 1. The van der Waals surface area contributed by atoms with Crippen LogP contribution in [0, 0.1) is 10.1 Å². The Morgan fingerprint density at radius 2 is 1.85 bits per heavy atom. The van der Waals surface area contributed by atoms with Gasteiger partial charge in [0.2, 0.25) is 0 Å². The summed E-state index contributed by atoms with van der Waals surface area (Å²) in [6, 6.07) is 5.85. The fraction of sp³-hybridized carbons (Fsp3) is 0.0833. The minimum absolute atomic E-state index is 0.0191. The lowest BCUT2D eigenvalue weighted by Gasteiger charge is -2.11. The number of aromatic nitrogens is 1. The zero-order valence-electron chi connectivity index (χ0n) is 10.3. The first-order valence-electron chi connectivity index (χ1n) is 5.47. The van der Waals surface area contributed by atoms with Gasteiger partial charge >= 0.3 is 5.97 Å². The molecular formula is C12H10N2O6. The Kier molecular flexibility index (Phi) is 3.30. The van der Waals surface area contributed by atoms with Crippen LogP contribution in [-0.2, 0) is 4.79 Å². The first-order chi connectivity index (χ1) is 9.40. The highest BCUT2D eigenvalue weighted by Gasteiger charge is 2.18. The van der Waals surface area contributed by atoms with E-state index >= 15 is 0 Å². The Morgan fingerprint density at radius 1 is 1.25 bits per heavy atom. The number of carbonyl (C=O) groups is 1. The second-order valence-corrected chi connectivity index (χ2v) is 3.89. The third-order valence-corrected chi connectivity index (χ3v) is 2.49. The molecule has 2 aromatic rings. The first kappa shape index (κ1) is 13.4. The van der Waals surface area contributed by atoms with Gasteiger partial charge in [0.1, 0.15) is 5.69 Å². The van der Waals surface area contributed by atoms with Crippen LogP contribution >= 0.6 is 0 Å². The fourth-order valence-corrected chi connectivity index (χ4v) is 1.70. The SMILES string of the molecule is CC(=O)Oc1ccc([N+](=O)[O-])cc1-n1c(O)ccc1O. The van der Waals surface area contributed by atoms with E-state index in [0.29, 0.717) is 0 Å². The molecule has 2 rings (SSSR count). The van der Waals surface area contributed by atoms with E-state index in [1.54, 1.807) is 0 Å². The highest BCUT2D eigenvalue weighted by atomic mass is 16.6. The standard InChI is InChI=1S/C12H10N2O6/c1-7(15)20-10-3-2-8(14(18)19)6-9(10)13-11(16)4-5-12(13)17/h2-6,16-17H,1H3. The highest BCUT2D eigenvalue weighted by molar-refractivity contribution is 5.72. The van der Waals surface area contributed by atoms with Crippen LogP contribution in [0.5, 0.6) is 17.5 Å². The van der Waals surface area contributed by atoms with E-state index in [1.165, 1.54) is 25.1 Å².